The highest BCUT2D eigenvalue weighted by Crippen LogP contribution is 2.27. The van der Waals surface area contributed by atoms with Gasteiger partial charge in [0.25, 0.3) is 0 Å². The van der Waals surface area contributed by atoms with E-state index in [9.17, 15) is 0 Å². The van der Waals surface area contributed by atoms with E-state index in [0.717, 1.165) is 61.9 Å². The first-order valence-corrected chi connectivity index (χ1v) is 9.24. The SMILES string of the molecule is CN=C(NCC1CC1)NCC1CCN(Cc2nc(C)c(C)o2)CC1.I. The monoisotopic (exact) mass is 461 g/mol. The van der Waals surface area contributed by atoms with Crippen molar-refractivity contribution in [2.24, 2.45) is 16.8 Å². The van der Waals surface area contributed by atoms with Crippen LogP contribution in [0.25, 0.3) is 0 Å². The van der Waals surface area contributed by atoms with Gasteiger partial charge in [-0.3, -0.25) is 9.89 Å². The fourth-order valence-electron chi connectivity index (χ4n) is 3.17. The summed E-state index contributed by atoms with van der Waals surface area (Å²) in [4.78, 5) is 11.3. The highest BCUT2D eigenvalue weighted by Gasteiger charge is 2.23. The van der Waals surface area contributed by atoms with E-state index in [-0.39, 0.29) is 24.0 Å². The lowest BCUT2D eigenvalue weighted by Gasteiger charge is -2.31. The third kappa shape index (κ3) is 6.44. The molecule has 1 aromatic rings. The number of rotatable bonds is 6. The second kappa shape index (κ2) is 9.75. The first-order chi connectivity index (χ1) is 11.6. The standard InChI is InChI=1S/C18H31N5O.HI/c1-13-14(2)24-17(22-13)12-23-8-6-16(7-9-23)11-21-18(19-3)20-10-15-4-5-15;/h15-16H,4-12H2,1-3H3,(H2,19,20,21);1H. The van der Waals surface area contributed by atoms with Gasteiger partial charge in [-0.1, -0.05) is 0 Å². The number of hydrogen-bond acceptors (Lipinski definition) is 4. The van der Waals surface area contributed by atoms with Crippen molar-refractivity contribution in [3.8, 4) is 0 Å². The van der Waals surface area contributed by atoms with Gasteiger partial charge in [0.1, 0.15) is 5.76 Å². The molecule has 2 fully saturated rings. The van der Waals surface area contributed by atoms with Crippen LogP contribution in [0.15, 0.2) is 9.41 Å². The van der Waals surface area contributed by atoms with Gasteiger partial charge in [-0.05, 0) is 64.5 Å². The van der Waals surface area contributed by atoms with Crippen LogP contribution in [0.2, 0.25) is 0 Å². The normalized spacial score (nSPS) is 19.6. The third-order valence-corrected chi connectivity index (χ3v) is 5.18. The lowest BCUT2D eigenvalue weighted by molar-refractivity contribution is 0.164. The number of oxazole rings is 1. The van der Waals surface area contributed by atoms with E-state index in [4.69, 9.17) is 4.42 Å². The summed E-state index contributed by atoms with van der Waals surface area (Å²) in [6.45, 7) is 9.11. The summed E-state index contributed by atoms with van der Waals surface area (Å²) in [7, 11) is 1.85. The fraction of sp³-hybridized carbons (Fsp3) is 0.778. The number of piperidine rings is 1. The molecule has 1 saturated heterocycles. The number of nitrogens with one attached hydrogen (secondary N) is 2. The Morgan fingerprint density at radius 1 is 1.12 bits per heavy atom. The van der Waals surface area contributed by atoms with Gasteiger partial charge >= 0.3 is 0 Å². The van der Waals surface area contributed by atoms with Gasteiger partial charge in [-0.15, -0.1) is 24.0 Å². The van der Waals surface area contributed by atoms with Crippen LogP contribution in [0.1, 0.15) is 43.0 Å². The summed E-state index contributed by atoms with van der Waals surface area (Å²) in [5, 5.41) is 6.91. The molecule has 1 saturated carbocycles. The molecule has 2 N–H and O–H groups in total. The molecule has 0 spiro atoms. The van der Waals surface area contributed by atoms with Crippen molar-refractivity contribution in [1.29, 1.82) is 0 Å². The molecule has 1 aliphatic carbocycles. The van der Waals surface area contributed by atoms with E-state index >= 15 is 0 Å². The van der Waals surface area contributed by atoms with Gasteiger partial charge in [0.05, 0.1) is 12.2 Å². The lowest BCUT2D eigenvalue weighted by atomic mass is 9.97. The number of guanidine groups is 1. The summed E-state index contributed by atoms with van der Waals surface area (Å²) in [5.41, 5.74) is 1.01. The van der Waals surface area contributed by atoms with E-state index in [1.165, 1.54) is 25.7 Å². The van der Waals surface area contributed by atoms with E-state index < -0.39 is 0 Å². The van der Waals surface area contributed by atoms with Gasteiger partial charge < -0.3 is 15.1 Å². The Kier molecular flexibility index (Phi) is 7.99. The number of nitrogens with zero attached hydrogens (tertiary/aromatic N) is 3. The van der Waals surface area contributed by atoms with Gasteiger partial charge in [0.15, 0.2) is 5.96 Å². The van der Waals surface area contributed by atoms with Gasteiger partial charge in [-0.25, -0.2) is 4.98 Å². The van der Waals surface area contributed by atoms with Crippen LogP contribution in [0, 0.1) is 25.7 Å². The van der Waals surface area contributed by atoms with Gasteiger partial charge in [-0.2, -0.15) is 0 Å². The first-order valence-electron chi connectivity index (χ1n) is 9.24. The van der Waals surface area contributed by atoms with Crippen LogP contribution in [-0.4, -0.2) is 49.1 Å². The molecule has 0 atom stereocenters. The molecule has 0 amide bonds. The number of aromatic nitrogens is 1. The van der Waals surface area contributed by atoms with Gasteiger partial charge in [0, 0.05) is 20.1 Å². The Bertz CT molecular complexity index is 542. The molecule has 0 aromatic carbocycles. The number of halogens is 1. The summed E-state index contributed by atoms with van der Waals surface area (Å²) in [5.74, 6) is 4.33. The highest BCUT2D eigenvalue weighted by molar-refractivity contribution is 14.0. The van der Waals surface area contributed by atoms with Crippen LogP contribution in [0.5, 0.6) is 0 Å². The molecule has 0 bridgehead atoms. The molecular weight excluding hydrogens is 429 g/mol. The molecule has 142 valence electrons. The average Bonchev–Trinajstić information content (AvgIpc) is 3.35. The highest BCUT2D eigenvalue weighted by atomic mass is 127. The molecule has 0 unspecified atom stereocenters. The topological polar surface area (TPSA) is 65.7 Å². The van der Waals surface area contributed by atoms with Crippen molar-refractivity contribution in [2.75, 3.05) is 33.2 Å². The second-order valence-corrected chi connectivity index (χ2v) is 7.25. The maximum absolute atomic E-state index is 5.70. The van der Waals surface area contributed by atoms with E-state index in [1.54, 1.807) is 0 Å². The van der Waals surface area contributed by atoms with E-state index in [0.29, 0.717) is 5.92 Å². The molecule has 0 radical (unpaired) electrons. The van der Waals surface area contributed by atoms with Crippen molar-refractivity contribution < 1.29 is 4.42 Å². The zero-order valence-corrected chi connectivity index (χ0v) is 18.0. The Morgan fingerprint density at radius 2 is 1.72 bits per heavy atom. The fourth-order valence-corrected chi connectivity index (χ4v) is 3.17. The first kappa shape index (κ1) is 20.5. The predicted molar refractivity (Wildman–Crippen MR) is 111 cm³/mol. The average molecular weight is 461 g/mol. The van der Waals surface area contributed by atoms with Crippen molar-refractivity contribution in [1.82, 2.24) is 20.5 Å². The molecule has 1 aliphatic heterocycles. The number of likely N-dealkylation sites (tertiary alicyclic amines) is 1. The van der Waals surface area contributed by atoms with Crippen LogP contribution >= 0.6 is 24.0 Å². The Labute approximate surface area is 168 Å². The number of aliphatic imine (C=N–C) groups is 1. The summed E-state index contributed by atoms with van der Waals surface area (Å²) in [6, 6.07) is 0. The maximum Gasteiger partial charge on any atom is 0.208 e. The van der Waals surface area contributed by atoms with Crippen molar-refractivity contribution in [3.05, 3.63) is 17.3 Å². The maximum atomic E-state index is 5.70. The Balaban J connectivity index is 0.00000225. The summed E-state index contributed by atoms with van der Waals surface area (Å²) < 4.78 is 5.70. The predicted octanol–water partition coefficient (Wildman–Crippen LogP) is 2.70. The minimum absolute atomic E-state index is 0. The number of hydrogen-bond donors (Lipinski definition) is 2. The molecular formula is C18H32IN5O. The van der Waals surface area contributed by atoms with Crippen LogP contribution in [0.3, 0.4) is 0 Å². The minimum atomic E-state index is 0. The molecule has 2 aliphatic rings. The van der Waals surface area contributed by atoms with Crippen molar-refractivity contribution in [3.63, 3.8) is 0 Å². The van der Waals surface area contributed by atoms with Crippen LogP contribution in [0.4, 0.5) is 0 Å². The molecule has 3 rings (SSSR count). The smallest absolute Gasteiger partial charge is 0.208 e. The Hall–Kier alpha value is -0.830. The van der Waals surface area contributed by atoms with Crippen molar-refractivity contribution >= 4 is 29.9 Å². The van der Waals surface area contributed by atoms with Gasteiger partial charge in [0.2, 0.25) is 5.89 Å². The quantitative estimate of drug-likeness (QED) is 0.388. The van der Waals surface area contributed by atoms with Crippen LogP contribution < -0.4 is 10.6 Å². The van der Waals surface area contributed by atoms with E-state index in [2.05, 4.69) is 25.5 Å². The second-order valence-electron chi connectivity index (χ2n) is 7.25. The molecule has 2 heterocycles. The van der Waals surface area contributed by atoms with E-state index in [1.807, 2.05) is 20.9 Å². The molecule has 25 heavy (non-hydrogen) atoms. The summed E-state index contributed by atoms with van der Waals surface area (Å²) in [6.07, 6.45) is 5.16. The molecule has 1 aromatic heterocycles. The minimum Gasteiger partial charge on any atom is -0.444 e. The lowest BCUT2D eigenvalue weighted by Crippen LogP contribution is -2.43. The molecule has 7 heteroatoms. The van der Waals surface area contributed by atoms with Crippen molar-refractivity contribution in [2.45, 2.75) is 46.1 Å². The Morgan fingerprint density at radius 3 is 2.20 bits per heavy atom. The van der Waals surface area contributed by atoms with Crippen LogP contribution in [-0.2, 0) is 6.54 Å². The third-order valence-electron chi connectivity index (χ3n) is 5.18. The summed E-state index contributed by atoms with van der Waals surface area (Å²) >= 11 is 0. The molecule has 6 nitrogen and oxygen atoms in total. The zero-order valence-electron chi connectivity index (χ0n) is 15.7. The number of aryl methyl sites for hydroxylation is 2. The largest absolute Gasteiger partial charge is 0.444 e. The zero-order chi connectivity index (χ0) is 16.9.